The highest BCUT2D eigenvalue weighted by Crippen LogP contribution is 2.25. The van der Waals surface area contributed by atoms with Gasteiger partial charge in [0.1, 0.15) is 5.82 Å². The maximum Gasteiger partial charge on any atom is 0.123 e. The van der Waals surface area contributed by atoms with Gasteiger partial charge in [0.15, 0.2) is 0 Å². The molecular weight excluding hydrogens is 251 g/mol. The van der Waals surface area contributed by atoms with Gasteiger partial charge in [-0.3, -0.25) is 0 Å². The molecule has 0 amide bonds. The molecule has 20 heavy (non-hydrogen) atoms. The molecule has 114 valence electrons. The van der Waals surface area contributed by atoms with Crippen molar-refractivity contribution in [1.29, 1.82) is 0 Å². The van der Waals surface area contributed by atoms with Crippen LogP contribution in [0.3, 0.4) is 0 Å². The highest BCUT2D eigenvalue weighted by molar-refractivity contribution is 5.54. The minimum absolute atomic E-state index is 0.164. The molecule has 1 aromatic rings. The molecule has 0 fully saturated rings. The van der Waals surface area contributed by atoms with Gasteiger partial charge in [-0.2, -0.15) is 0 Å². The van der Waals surface area contributed by atoms with E-state index in [0.717, 1.165) is 17.8 Å². The van der Waals surface area contributed by atoms with Crippen LogP contribution in [0.2, 0.25) is 0 Å². The Morgan fingerprint density at radius 1 is 1.10 bits per heavy atom. The SMILES string of the molecule is CC(C)CN(c1ccc(F)cc1CNC(C)C)C(C)C. The van der Waals surface area contributed by atoms with Crippen molar-refractivity contribution in [3.8, 4) is 0 Å². The van der Waals surface area contributed by atoms with Crippen molar-refractivity contribution < 1.29 is 4.39 Å². The summed E-state index contributed by atoms with van der Waals surface area (Å²) in [6.07, 6.45) is 0. The highest BCUT2D eigenvalue weighted by Gasteiger charge is 2.16. The molecule has 0 spiro atoms. The fourth-order valence-corrected chi connectivity index (χ4v) is 2.27. The van der Waals surface area contributed by atoms with E-state index in [4.69, 9.17) is 0 Å². The van der Waals surface area contributed by atoms with Gasteiger partial charge < -0.3 is 10.2 Å². The zero-order chi connectivity index (χ0) is 15.3. The first-order chi connectivity index (χ1) is 9.31. The van der Waals surface area contributed by atoms with Gasteiger partial charge in [-0.1, -0.05) is 27.7 Å². The van der Waals surface area contributed by atoms with Crippen molar-refractivity contribution in [3.05, 3.63) is 29.6 Å². The molecule has 0 heterocycles. The second kappa shape index (κ2) is 7.63. The first-order valence-electron chi connectivity index (χ1n) is 7.59. The average Bonchev–Trinajstić information content (AvgIpc) is 2.33. The monoisotopic (exact) mass is 280 g/mol. The summed E-state index contributed by atoms with van der Waals surface area (Å²) in [5.74, 6) is 0.413. The maximum absolute atomic E-state index is 13.6. The van der Waals surface area contributed by atoms with Crippen molar-refractivity contribution in [2.75, 3.05) is 11.4 Å². The molecule has 0 aliphatic carbocycles. The van der Waals surface area contributed by atoms with Crippen LogP contribution in [0.25, 0.3) is 0 Å². The van der Waals surface area contributed by atoms with Crippen LogP contribution >= 0.6 is 0 Å². The van der Waals surface area contributed by atoms with Crippen molar-refractivity contribution in [1.82, 2.24) is 5.32 Å². The van der Waals surface area contributed by atoms with Crippen LogP contribution in [0.1, 0.15) is 47.1 Å². The van der Waals surface area contributed by atoms with Crippen LogP contribution in [0.5, 0.6) is 0 Å². The van der Waals surface area contributed by atoms with E-state index in [2.05, 4.69) is 51.8 Å². The fourth-order valence-electron chi connectivity index (χ4n) is 2.27. The number of hydrogen-bond acceptors (Lipinski definition) is 2. The zero-order valence-corrected chi connectivity index (χ0v) is 13.7. The molecule has 0 aromatic heterocycles. The van der Waals surface area contributed by atoms with Crippen LogP contribution in [-0.4, -0.2) is 18.6 Å². The van der Waals surface area contributed by atoms with Gasteiger partial charge >= 0.3 is 0 Å². The van der Waals surface area contributed by atoms with E-state index in [1.165, 1.54) is 0 Å². The Kier molecular flexibility index (Phi) is 6.47. The van der Waals surface area contributed by atoms with Crippen LogP contribution in [0.15, 0.2) is 18.2 Å². The Labute approximate surface area is 123 Å². The Morgan fingerprint density at radius 2 is 1.75 bits per heavy atom. The van der Waals surface area contributed by atoms with Crippen molar-refractivity contribution in [2.45, 2.75) is 60.2 Å². The van der Waals surface area contributed by atoms with Crippen molar-refractivity contribution >= 4 is 5.69 Å². The zero-order valence-electron chi connectivity index (χ0n) is 13.7. The molecule has 2 nitrogen and oxygen atoms in total. The van der Waals surface area contributed by atoms with Gasteiger partial charge in [-0.15, -0.1) is 0 Å². The molecule has 0 aliphatic heterocycles. The maximum atomic E-state index is 13.6. The lowest BCUT2D eigenvalue weighted by molar-refractivity contribution is 0.556. The van der Waals surface area contributed by atoms with Crippen LogP contribution in [-0.2, 0) is 6.54 Å². The van der Waals surface area contributed by atoms with Gasteiger partial charge in [-0.05, 0) is 43.5 Å². The topological polar surface area (TPSA) is 15.3 Å². The highest BCUT2D eigenvalue weighted by atomic mass is 19.1. The second-order valence-corrected chi connectivity index (χ2v) is 6.45. The van der Waals surface area contributed by atoms with E-state index in [9.17, 15) is 4.39 Å². The summed E-state index contributed by atoms with van der Waals surface area (Å²) in [6.45, 7) is 14.7. The summed E-state index contributed by atoms with van der Waals surface area (Å²) in [5, 5.41) is 3.38. The van der Waals surface area contributed by atoms with Crippen LogP contribution in [0.4, 0.5) is 10.1 Å². The predicted octanol–water partition coefficient (Wildman–Crippen LogP) is 4.19. The lowest BCUT2D eigenvalue weighted by atomic mass is 10.1. The summed E-state index contributed by atoms with van der Waals surface area (Å²) in [7, 11) is 0. The summed E-state index contributed by atoms with van der Waals surface area (Å²) >= 11 is 0. The van der Waals surface area contributed by atoms with Gasteiger partial charge in [0, 0.05) is 30.9 Å². The van der Waals surface area contributed by atoms with E-state index >= 15 is 0 Å². The normalized spacial score (nSPS) is 11.7. The first kappa shape index (κ1) is 17.0. The summed E-state index contributed by atoms with van der Waals surface area (Å²) in [6, 6.07) is 5.92. The molecule has 0 aliphatic rings. The number of halogens is 1. The molecule has 1 N–H and O–H groups in total. The largest absolute Gasteiger partial charge is 0.369 e. The Balaban J connectivity index is 3.06. The summed E-state index contributed by atoms with van der Waals surface area (Å²) < 4.78 is 13.6. The third-order valence-corrected chi connectivity index (χ3v) is 3.24. The number of nitrogens with zero attached hydrogens (tertiary/aromatic N) is 1. The molecule has 0 saturated heterocycles. The molecule has 0 saturated carbocycles. The summed E-state index contributed by atoms with van der Waals surface area (Å²) in [4.78, 5) is 2.36. The second-order valence-electron chi connectivity index (χ2n) is 6.45. The minimum Gasteiger partial charge on any atom is -0.369 e. The Bertz CT molecular complexity index is 413. The van der Waals surface area contributed by atoms with Crippen LogP contribution < -0.4 is 10.2 Å². The van der Waals surface area contributed by atoms with E-state index in [-0.39, 0.29) is 5.82 Å². The van der Waals surface area contributed by atoms with Gasteiger partial charge in [0.05, 0.1) is 0 Å². The Hall–Kier alpha value is -1.09. The van der Waals surface area contributed by atoms with Crippen LogP contribution in [0, 0.1) is 11.7 Å². The molecule has 0 atom stereocenters. The molecule has 3 heteroatoms. The van der Waals surface area contributed by atoms with Crippen molar-refractivity contribution in [3.63, 3.8) is 0 Å². The lowest BCUT2D eigenvalue weighted by Crippen LogP contribution is -2.35. The molecule has 1 rings (SSSR count). The Morgan fingerprint density at radius 3 is 2.25 bits per heavy atom. The van der Waals surface area contributed by atoms with Crippen molar-refractivity contribution in [2.24, 2.45) is 5.92 Å². The van der Waals surface area contributed by atoms with E-state index in [1.54, 1.807) is 12.1 Å². The average molecular weight is 280 g/mol. The molecule has 1 aromatic carbocycles. The van der Waals surface area contributed by atoms with Gasteiger partial charge in [-0.25, -0.2) is 4.39 Å². The van der Waals surface area contributed by atoms with E-state index in [1.807, 2.05) is 6.07 Å². The standard InChI is InChI=1S/C17H29FN2/c1-12(2)11-20(14(5)6)17-8-7-16(18)9-15(17)10-19-13(3)4/h7-9,12-14,19H,10-11H2,1-6H3. The van der Waals surface area contributed by atoms with E-state index in [0.29, 0.717) is 24.5 Å². The van der Waals surface area contributed by atoms with Gasteiger partial charge in [0.2, 0.25) is 0 Å². The molecule has 0 bridgehead atoms. The number of anilines is 1. The minimum atomic E-state index is -0.164. The number of nitrogens with one attached hydrogen (secondary N) is 1. The van der Waals surface area contributed by atoms with E-state index < -0.39 is 0 Å². The molecule has 0 radical (unpaired) electrons. The first-order valence-corrected chi connectivity index (χ1v) is 7.59. The lowest BCUT2D eigenvalue weighted by Gasteiger charge is -2.32. The predicted molar refractivity (Wildman–Crippen MR) is 85.7 cm³/mol. The summed E-state index contributed by atoms with van der Waals surface area (Å²) in [5.41, 5.74) is 2.18. The fraction of sp³-hybridized carbons (Fsp3) is 0.647. The molecular formula is C17H29FN2. The molecule has 0 unspecified atom stereocenters. The number of hydrogen-bond donors (Lipinski definition) is 1. The van der Waals surface area contributed by atoms with Gasteiger partial charge in [0.25, 0.3) is 0 Å². The quantitative estimate of drug-likeness (QED) is 0.805. The number of rotatable bonds is 7. The number of benzene rings is 1. The smallest absolute Gasteiger partial charge is 0.123 e. The third kappa shape index (κ3) is 5.12. The third-order valence-electron chi connectivity index (χ3n) is 3.24.